The van der Waals surface area contributed by atoms with Crippen LogP contribution in [0.1, 0.15) is 43.9 Å². The van der Waals surface area contributed by atoms with Gasteiger partial charge in [0.25, 0.3) is 0 Å². The summed E-state index contributed by atoms with van der Waals surface area (Å²) < 4.78 is 38.4. The smallest absolute Gasteiger partial charge is 0.356 e. The third-order valence-corrected chi connectivity index (χ3v) is 4.01. The zero-order valence-corrected chi connectivity index (χ0v) is 12.0. The van der Waals surface area contributed by atoms with Gasteiger partial charge in [0.2, 0.25) is 0 Å². The molecule has 3 nitrogen and oxygen atoms in total. The number of hydrogen-bond acceptors (Lipinski definition) is 3. The summed E-state index contributed by atoms with van der Waals surface area (Å²) in [6.45, 7) is 3.44. The molecule has 0 saturated carbocycles. The lowest BCUT2D eigenvalue weighted by molar-refractivity contribution is -0.141. The van der Waals surface area contributed by atoms with Gasteiger partial charge in [-0.25, -0.2) is 4.98 Å². The van der Waals surface area contributed by atoms with Crippen molar-refractivity contribution in [2.24, 2.45) is 5.92 Å². The van der Waals surface area contributed by atoms with Crippen molar-refractivity contribution in [3.8, 4) is 6.07 Å². The molecule has 0 N–H and O–H groups in total. The SMILES string of the molecule is CCC1CCCN(c2nc(C(F)(F)F)ccc2C#N)CC1. The van der Waals surface area contributed by atoms with E-state index in [4.69, 9.17) is 5.26 Å². The van der Waals surface area contributed by atoms with E-state index in [1.807, 2.05) is 11.0 Å². The molecule has 0 spiro atoms. The van der Waals surface area contributed by atoms with Crippen molar-refractivity contribution < 1.29 is 13.2 Å². The summed E-state index contributed by atoms with van der Waals surface area (Å²) in [6.07, 6.45) is -0.482. The van der Waals surface area contributed by atoms with Gasteiger partial charge in [-0.3, -0.25) is 0 Å². The van der Waals surface area contributed by atoms with Gasteiger partial charge in [0, 0.05) is 13.1 Å². The van der Waals surface area contributed by atoms with Gasteiger partial charge < -0.3 is 4.90 Å². The van der Waals surface area contributed by atoms with E-state index in [0.29, 0.717) is 19.0 Å². The van der Waals surface area contributed by atoms with E-state index in [1.54, 1.807) is 0 Å². The molecule has 1 aliphatic rings. The summed E-state index contributed by atoms with van der Waals surface area (Å²) in [5.74, 6) is 0.774. The minimum atomic E-state index is -4.49. The van der Waals surface area contributed by atoms with Gasteiger partial charge in [-0.2, -0.15) is 18.4 Å². The van der Waals surface area contributed by atoms with Crippen LogP contribution >= 0.6 is 0 Å². The Morgan fingerprint density at radius 3 is 2.71 bits per heavy atom. The second kappa shape index (κ2) is 6.33. The third-order valence-electron chi connectivity index (χ3n) is 4.01. The molecule has 0 aromatic carbocycles. The van der Waals surface area contributed by atoms with Crippen LogP contribution in [-0.2, 0) is 6.18 Å². The predicted octanol–water partition coefficient (Wildman–Crippen LogP) is 3.99. The van der Waals surface area contributed by atoms with Crippen molar-refractivity contribution in [1.82, 2.24) is 4.98 Å². The summed E-state index contributed by atoms with van der Waals surface area (Å²) in [6, 6.07) is 4.03. The fourth-order valence-electron chi connectivity index (χ4n) is 2.72. The van der Waals surface area contributed by atoms with Crippen LogP contribution in [0.3, 0.4) is 0 Å². The van der Waals surface area contributed by atoms with Crippen molar-refractivity contribution in [2.45, 2.75) is 38.8 Å². The van der Waals surface area contributed by atoms with Crippen LogP contribution in [0.5, 0.6) is 0 Å². The van der Waals surface area contributed by atoms with E-state index in [1.165, 1.54) is 6.07 Å². The number of alkyl halides is 3. The Labute approximate surface area is 122 Å². The lowest BCUT2D eigenvalue weighted by Gasteiger charge is -2.23. The molecule has 0 amide bonds. The van der Waals surface area contributed by atoms with E-state index in [2.05, 4.69) is 11.9 Å². The van der Waals surface area contributed by atoms with Gasteiger partial charge in [-0.1, -0.05) is 13.3 Å². The minimum Gasteiger partial charge on any atom is -0.356 e. The number of nitrogens with zero attached hydrogens (tertiary/aromatic N) is 3. The molecular weight excluding hydrogens is 279 g/mol. The Morgan fingerprint density at radius 1 is 1.33 bits per heavy atom. The highest BCUT2D eigenvalue weighted by atomic mass is 19.4. The van der Waals surface area contributed by atoms with Crippen LogP contribution in [0.4, 0.5) is 19.0 Å². The van der Waals surface area contributed by atoms with E-state index in [9.17, 15) is 13.2 Å². The van der Waals surface area contributed by atoms with Crippen LogP contribution in [0.2, 0.25) is 0 Å². The first-order valence-electron chi connectivity index (χ1n) is 7.19. The molecule has 0 radical (unpaired) electrons. The van der Waals surface area contributed by atoms with Crippen LogP contribution in [0, 0.1) is 17.2 Å². The molecule has 114 valence electrons. The molecule has 2 heterocycles. The molecule has 2 rings (SSSR count). The predicted molar refractivity (Wildman–Crippen MR) is 73.8 cm³/mol. The van der Waals surface area contributed by atoms with Gasteiger partial charge in [-0.05, 0) is 37.3 Å². The fourth-order valence-corrected chi connectivity index (χ4v) is 2.72. The summed E-state index contributed by atoms with van der Waals surface area (Å²) in [5.41, 5.74) is -0.731. The first kappa shape index (κ1) is 15.6. The molecule has 6 heteroatoms. The Kier molecular flexibility index (Phi) is 4.71. The van der Waals surface area contributed by atoms with Crippen LogP contribution in [0.25, 0.3) is 0 Å². The average Bonchev–Trinajstić information content (AvgIpc) is 2.70. The van der Waals surface area contributed by atoms with Gasteiger partial charge in [0.15, 0.2) is 0 Å². The van der Waals surface area contributed by atoms with Crippen LogP contribution in [-0.4, -0.2) is 18.1 Å². The van der Waals surface area contributed by atoms with Crippen LogP contribution < -0.4 is 4.90 Å². The van der Waals surface area contributed by atoms with E-state index in [-0.39, 0.29) is 11.4 Å². The highest BCUT2D eigenvalue weighted by Crippen LogP contribution is 2.31. The third kappa shape index (κ3) is 3.66. The number of nitriles is 1. The topological polar surface area (TPSA) is 39.9 Å². The summed E-state index contributed by atoms with van der Waals surface area (Å²) >= 11 is 0. The first-order chi connectivity index (χ1) is 9.95. The molecule has 0 aliphatic carbocycles. The van der Waals surface area contributed by atoms with Crippen LogP contribution in [0.15, 0.2) is 12.1 Å². The highest BCUT2D eigenvalue weighted by molar-refractivity contribution is 5.54. The van der Waals surface area contributed by atoms with Crippen molar-refractivity contribution in [1.29, 1.82) is 5.26 Å². The molecular formula is C15H18F3N3. The van der Waals surface area contributed by atoms with E-state index >= 15 is 0 Å². The molecule has 1 aromatic heterocycles. The Bertz CT molecular complexity index is 534. The fraction of sp³-hybridized carbons (Fsp3) is 0.600. The number of anilines is 1. The summed E-state index contributed by atoms with van der Waals surface area (Å²) in [5, 5.41) is 9.11. The second-order valence-corrected chi connectivity index (χ2v) is 5.37. The Hall–Kier alpha value is -1.77. The van der Waals surface area contributed by atoms with Gasteiger partial charge in [0.05, 0.1) is 5.56 Å². The Morgan fingerprint density at radius 2 is 2.10 bits per heavy atom. The lowest BCUT2D eigenvalue weighted by Crippen LogP contribution is -2.27. The van der Waals surface area contributed by atoms with Gasteiger partial charge in [0.1, 0.15) is 17.6 Å². The van der Waals surface area contributed by atoms with Crippen molar-refractivity contribution in [3.05, 3.63) is 23.4 Å². The number of aromatic nitrogens is 1. The molecule has 1 aliphatic heterocycles. The monoisotopic (exact) mass is 297 g/mol. The van der Waals surface area contributed by atoms with Gasteiger partial charge in [-0.15, -0.1) is 0 Å². The molecule has 1 fully saturated rings. The Balaban J connectivity index is 2.31. The number of halogens is 3. The number of rotatable bonds is 2. The average molecular weight is 297 g/mol. The van der Waals surface area contributed by atoms with Crippen molar-refractivity contribution in [3.63, 3.8) is 0 Å². The van der Waals surface area contributed by atoms with E-state index < -0.39 is 11.9 Å². The standard InChI is InChI=1S/C15H18F3N3/c1-2-11-4-3-8-21(9-7-11)14-12(10-19)5-6-13(20-14)15(16,17)18/h5-6,11H,2-4,7-9H2,1H3. The molecule has 1 atom stereocenters. The zero-order chi connectivity index (χ0) is 15.5. The maximum atomic E-state index is 12.8. The highest BCUT2D eigenvalue weighted by Gasteiger charge is 2.33. The zero-order valence-electron chi connectivity index (χ0n) is 12.0. The maximum absolute atomic E-state index is 12.8. The lowest BCUT2D eigenvalue weighted by atomic mass is 9.98. The molecule has 1 aromatic rings. The van der Waals surface area contributed by atoms with Gasteiger partial charge >= 0.3 is 6.18 Å². The van der Waals surface area contributed by atoms with Crippen molar-refractivity contribution in [2.75, 3.05) is 18.0 Å². The molecule has 21 heavy (non-hydrogen) atoms. The summed E-state index contributed by atoms with van der Waals surface area (Å²) in [4.78, 5) is 5.53. The largest absolute Gasteiger partial charge is 0.433 e. The molecule has 1 unspecified atom stereocenters. The summed E-state index contributed by atoms with van der Waals surface area (Å²) in [7, 11) is 0. The minimum absolute atomic E-state index is 0.170. The second-order valence-electron chi connectivity index (χ2n) is 5.37. The molecule has 0 bridgehead atoms. The van der Waals surface area contributed by atoms with Crippen molar-refractivity contribution >= 4 is 5.82 Å². The number of hydrogen-bond donors (Lipinski definition) is 0. The number of pyridine rings is 1. The van der Waals surface area contributed by atoms with E-state index in [0.717, 1.165) is 31.7 Å². The normalized spacial score (nSPS) is 20.0. The first-order valence-corrected chi connectivity index (χ1v) is 7.19. The maximum Gasteiger partial charge on any atom is 0.433 e. The quantitative estimate of drug-likeness (QED) is 0.828. The molecule has 1 saturated heterocycles.